The van der Waals surface area contributed by atoms with Crippen molar-refractivity contribution in [1.29, 1.82) is 0 Å². The number of hydrogen-bond donors (Lipinski definition) is 1. The molecule has 2 aromatic carbocycles. The molecule has 0 bridgehead atoms. The first-order chi connectivity index (χ1) is 13.5. The molecule has 3 aromatic rings. The summed E-state index contributed by atoms with van der Waals surface area (Å²) in [5.74, 6) is 0.0885. The molecule has 2 heterocycles. The highest BCUT2D eigenvalue weighted by Crippen LogP contribution is 2.34. The van der Waals surface area contributed by atoms with Crippen molar-refractivity contribution < 1.29 is 19.4 Å². The molecule has 4 rings (SSSR count). The molecule has 1 atom stereocenters. The van der Waals surface area contributed by atoms with Crippen LogP contribution in [0, 0.1) is 0 Å². The SMILES string of the molecule is Cn1c(C2CCCN2C(=O)c2cccc(OCC(=O)O)c2)nc2ccccc21. The smallest absolute Gasteiger partial charge is 0.341 e. The zero-order valence-electron chi connectivity index (χ0n) is 15.5. The van der Waals surface area contributed by atoms with Gasteiger partial charge in [-0.3, -0.25) is 4.79 Å². The van der Waals surface area contributed by atoms with Crippen LogP contribution >= 0.6 is 0 Å². The monoisotopic (exact) mass is 379 g/mol. The van der Waals surface area contributed by atoms with Crippen molar-refractivity contribution in [2.45, 2.75) is 18.9 Å². The average Bonchev–Trinajstić information content (AvgIpc) is 3.31. The molecule has 0 saturated carbocycles. The Morgan fingerprint density at radius 1 is 1.21 bits per heavy atom. The number of ether oxygens (including phenoxy) is 1. The van der Waals surface area contributed by atoms with E-state index in [9.17, 15) is 9.59 Å². The van der Waals surface area contributed by atoms with Crippen molar-refractivity contribution in [3.63, 3.8) is 0 Å². The highest BCUT2D eigenvalue weighted by Gasteiger charge is 2.33. The molecule has 1 saturated heterocycles. The molecule has 0 spiro atoms. The van der Waals surface area contributed by atoms with Crippen LogP contribution in [0.15, 0.2) is 48.5 Å². The van der Waals surface area contributed by atoms with Crippen LogP contribution in [0.25, 0.3) is 11.0 Å². The normalized spacial score (nSPS) is 16.5. The number of aliphatic carboxylic acids is 1. The van der Waals surface area contributed by atoms with E-state index in [4.69, 9.17) is 14.8 Å². The van der Waals surface area contributed by atoms with Crippen LogP contribution in [-0.4, -0.2) is 44.6 Å². The third-order valence-electron chi connectivity index (χ3n) is 5.08. The van der Waals surface area contributed by atoms with Crippen molar-refractivity contribution in [1.82, 2.24) is 14.5 Å². The van der Waals surface area contributed by atoms with Gasteiger partial charge in [0.1, 0.15) is 11.6 Å². The minimum absolute atomic E-state index is 0.0894. The lowest BCUT2D eigenvalue weighted by Gasteiger charge is -2.24. The second-order valence-electron chi connectivity index (χ2n) is 6.88. The van der Waals surface area contributed by atoms with E-state index in [0.29, 0.717) is 17.9 Å². The summed E-state index contributed by atoms with van der Waals surface area (Å²) < 4.78 is 7.26. The number of carbonyl (C=O) groups is 2. The van der Waals surface area contributed by atoms with Gasteiger partial charge in [0.25, 0.3) is 5.91 Å². The largest absolute Gasteiger partial charge is 0.482 e. The van der Waals surface area contributed by atoms with Gasteiger partial charge in [-0.05, 0) is 43.2 Å². The van der Waals surface area contributed by atoms with E-state index < -0.39 is 12.6 Å². The van der Waals surface area contributed by atoms with Crippen molar-refractivity contribution >= 4 is 22.9 Å². The summed E-state index contributed by atoms with van der Waals surface area (Å²) in [7, 11) is 1.98. The van der Waals surface area contributed by atoms with E-state index in [2.05, 4.69) is 4.57 Å². The highest BCUT2D eigenvalue weighted by atomic mass is 16.5. The molecule has 144 valence electrons. The maximum atomic E-state index is 13.2. The Hall–Kier alpha value is -3.35. The van der Waals surface area contributed by atoms with Crippen LogP contribution in [-0.2, 0) is 11.8 Å². The van der Waals surface area contributed by atoms with Crippen LogP contribution < -0.4 is 4.74 Å². The molecule has 1 unspecified atom stereocenters. The van der Waals surface area contributed by atoms with E-state index in [1.54, 1.807) is 24.3 Å². The van der Waals surface area contributed by atoms with Crippen LogP contribution in [0.1, 0.15) is 35.1 Å². The first-order valence-electron chi connectivity index (χ1n) is 9.21. The number of carbonyl (C=O) groups excluding carboxylic acids is 1. The zero-order chi connectivity index (χ0) is 19.7. The minimum atomic E-state index is -1.06. The summed E-state index contributed by atoms with van der Waals surface area (Å²) >= 11 is 0. The number of nitrogens with zero attached hydrogens (tertiary/aromatic N) is 3. The van der Waals surface area contributed by atoms with Gasteiger partial charge in [-0.15, -0.1) is 0 Å². The van der Waals surface area contributed by atoms with E-state index in [1.807, 2.05) is 36.2 Å². The molecule has 1 fully saturated rings. The van der Waals surface area contributed by atoms with Crippen molar-refractivity contribution in [3.8, 4) is 5.75 Å². The number of hydrogen-bond acceptors (Lipinski definition) is 4. The molecule has 28 heavy (non-hydrogen) atoms. The van der Waals surface area contributed by atoms with Crippen molar-refractivity contribution in [2.75, 3.05) is 13.2 Å². The molecule has 0 aliphatic carbocycles. The number of fused-ring (bicyclic) bond motifs is 1. The quantitative estimate of drug-likeness (QED) is 0.737. The summed E-state index contributed by atoms with van der Waals surface area (Å²) in [5.41, 5.74) is 2.44. The molecule has 1 aliphatic heterocycles. The molecule has 0 radical (unpaired) electrons. The fraction of sp³-hybridized carbons (Fsp3) is 0.286. The Bertz CT molecular complexity index is 1040. The van der Waals surface area contributed by atoms with Crippen LogP contribution in [0.2, 0.25) is 0 Å². The number of benzene rings is 2. The number of rotatable bonds is 5. The summed E-state index contributed by atoms with van der Waals surface area (Å²) in [4.78, 5) is 30.5. The predicted octanol–water partition coefficient (Wildman–Crippen LogP) is 3.01. The topological polar surface area (TPSA) is 84.7 Å². The van der Waals surface area contributed by atoms with Gasteiger partial charge >= 0.3 is 5.97 Å². The summed E-state index contributed by atoms with van der Waals surface area (Å²) in [6.45, 7) is 0.219. The Balaban J connectivity index is 1.61. The number of likely N-dealkylation sites (tertiary alicyclic amines) is 1. The molecule has 7 nitrogen and oxygen atoms in total. The Labute approximate surface area is 162 Å². The molecule has 1 aromatic heterocycles. The fourth-order valence-electron chi connectivity index (χ4n) is 3.77. The fourth-order valence-corrected chi connectivity index (χ4v) is 3.77. The molecule has 1 amide bonds. The Morgan fingerprint density at radius 3 is 2.82 bits per heavy atom. The number of amides is 1. The average molecular weight is 379 g/mol. The molecular formula is C21H21N3O4. The van der Waals surface area contributed by atoms with E-state index >= 15 is 0 Å². The Kier molecular flexibility index (Phi) is 4.73. The van der Waals surface area contributed by atoms with Gasteiger partial charge in [-0.2, -0.15) is 0 Å². The van der Waals surface area contributed by atoms with Gasteiger partial charge in [0.05, 0.1) is 17.1 Å². The number of imidazole rings is 1. The number of carboxylic acid groups (broad SMARTS) is 1. The lowest BCUT2D eigenvalue weighted by Crippen LogP contribution is -2.31. The van der Waals surface area contributed by atoms with Crippen molar-refractivity contribution in [2.24, 2.45) is 7.05 Å². The number of aryl methyl sites for hydroxylation is 1. The van der Waals surface area contributed by atoms with Gasteiger partial charge in [0.2, 0.25) is 0 Å². The summed E-state index contributed by atoms with van der Waals surface area (Å²) in [6.07, 6.45) is 1.77. The first kappa shape index (κ1) is 18.0. The van der Waals surface area contributed by atoms with Gasteiger partial charge < -0.3 is 19.3 Å². The van der Waals surface area contributed by atoms with Gasteiger partial charge in [-0.25, -0.2) is 9.78 Å². The second kappa shape index (κ2) is 7.34. The summed E-state index contributed by atoms with van der Waals surface area (Å²) in [5, 5.41) is 8.76. The van der Waals surface area contributed by atoms with Crippen molar-refractivity contribution in [3.05, 3.63) is 59.9 Å². The molecular weight excluding hydrogens is 358 g/mol. The molecule has 1 aliphatic rings. The van der Waals surface area contributed by atoms with E-state index in [1.165, 1.54) is 0 Å². The highest BCUT2D eigenvalue weighted by molar-refractivity contribution is 5.95. The lowest BCUT2D eigenvalue weighted by molar-refractivity contribution is -0.139. The van der Waals surface area contributed by atoms with Crippen LogP contribution in [0.3, 0.4) is 0 Å². The molecule has 1 N–H and O–H groups in total. The third-order valence-corrected chi connectivity index (χ3v) is 5.08. The number of para-hydroxylation sites is 2. The number of aromatic nitrogens is 2. The van der Waals surface area contributed by atoms with Gasteiger partial charge in [0, 0.05) is 19.2 Å². The third kappa shape index (κ3) is 3.31. The maximum Gasteiger partial charge on any atom is 0.341 e. The lowest BCUT2D eigenvalue weighted by atomic mass is 10.1. The maximum absolute atomic E-state index is 13.2. The zero-order valence-corrected chi connectivity index (χ0v) is 15.5. The number of carboxylic acids is 1. The second-order valence-corrected chi connectivity index (χ2v) is 6.88. The van der Waals surface area contributed by atoms with Gasteiger partial charge in [0.15, 0.2) is 6.61 Å². The first-order valence-corrected chi connectivity index (χ1v) is 9.21. The summed E-state index contributed by atoms with van der Waals surface area (Å²) in [6, 6.07) is 14.5. The molecule has 7 heteroatoms. The standard InChI is InChI=1S/C21H21N3O4/c1-23-17-9-3-2-8-16(17)22-20(23)18-10-5-11-24(18)21(27)14-6-4-7-15(12-14)28-13-19(25)26/h2-4,6-9,12,18H,5,10-11,13H2,1H3,(H,25,26). The van der Waals surface area contributed by atoms with E-state index in [0.717, 1.165) is 29.7 Å². The van der Waals surface area contributed by atoms with Gasteiger partial charge in [-0.1, -0.05) is 18.2 Å². The van der Waals surface area contributed by atoms with Crippen LogP contribution in [0.5, 0.6) is 5.75 Å². The Morgan fingerprint density at radius 2 is 2.04 bits per heavy atom. The minimum Gasteiger partial charge on any atom is -0.482 e. The van der Waals surface area contributed by atoms with E-state index in [-0.39, 0.29) is 11.9 Å². The van der Waals surface area contributed by atoms with Crippen LogP contribution in [0.4, 0.5) is 0 Å². The predicted molar refractivity (Wildman–Crippen MR) is 103 cm³/mol.